The van der Waals surface area contributed by atoms with Crippen LogP contribution in [0.4, 0.5) is 5.69 Å². The van der Waals surface area contributed by atoms with Crippen molar-refractivity contribution in [2.24, 2.45) is 29.1 Å². The molecule has 0 radical (unpaired) electrons. The summed E-state index contributed by atoms with van der Waals surface area (Å²) in [4.78, 5) is 34.3. The molecule has 162 valence electrons. The Morgan fingerprint density at radius 3 is 2.32 bits per heavy atom. The van der Waals surface area contributed by atoms with E-state index in [1.807, 2.05) is 38.1 Å². The van der Waals surface area contributed by atoms with Crippen LogP contribution in [-0.4, -0.2) is 28.3 Å². The van der Waals surface area contributed by atoms with Crippen molar-refractivity contribution in [2.45, 2.75) is 33.1 Å². The Hall–Kier alpha value is -2.41. The smallest absolute Gasteiger partial charge is 0.228 e. The molecule has 2 fully saturated rings. The molecule has 31 heavy (non-hydrogen) atoms. The first-order valence-corrected chi connectivity index (χ1v) is 11.7. The Labute approximate surface area is 190 Å². The van der Waals surface area contributed by atoms with Gasteiger partial charge in [0.15, 0.2) is 0 Å². The average Bonchev–Trinajstić information content (AvgIpc) is 3.30. The number of hydrogen-bond donors (Lipinski definition) is 3. The van der Waals surface area contributed by atoms with Gasteiger partial charge in [0.1, 0.15) is 5.82 Å². The van der Waals surface area contributed by atoms with Crippen molar-refractivity contribution in [3.8, 4) is 0 Å². The minimum absolute atomic E-state index is 0.0147. The number of allylic oxidation sites excluding steroid dienone is 2. The van der Waals surface area contributed by atoms with E-state index in [0.717, 1.165) is 40.2 Å². The van der Waals surface area contributed by atoms with Gasteiger partial charge in [-0.1, -0.05) is 28.1 Å². The summed E-state index contributed by atoms with van der Waals surface area (Å²) in [7, 11) is 0. The van der Waals surface area contributed by atoms with Gasteiger partial charge in [-0.05, 0) is 68.2 Å². The number of H-pyrrole nitrogens is 1. The van der Waals surface area contributed by atoms with Crippen LogP contribution in [-0.2, 0) is 16.0 Å². The fourth-order valence-corrected chi connectivity index (χ4v) is 5.89. The number of aromatic nitrogens is 2. The van der Waals surface area contributed by atoms with Crippen molar-refractivity contribution in [1.29, 1.82) is 0 Å². The molecule has 2 amide bonds. The van der Waals surface area contributed by atoms with Gasteiger partial charge in [0.05, 0.1) is 17.5 Å². The van der Waals surface area contributed by atoms with E-state index in [4.69, 9.17) is 0 Å². The van der Waals surface area contributed by atoms with Crippen LogP contribution in [0.2, 0.25) is 0 Å². The number of nitrogens with one attached hydrogen (secondary N) is 3. The fourth-order valence-electron chi connectivity index (χ4n) is 5.63. The molecule has 2 bridgehead atoms. The first-order valence-electron chi connectivity index (χ1n) is 10.9. The Morgan fingerprint density at radius 2 is 1.74 bits per heavy atom. The Bertz CT molecular complexity index is 1030. The third-order valence-electron chi connectivity index (χ3n) is 7.40. The van der Waals surface area contributed by atoms with Crippen LogP contribution in [0.1, 0.15) is 30.1 Å². The third-order valence-corrected chi connectivity index (χ3v) is 7.93. The molecule has 0 aliphatic heterocycles. The Kier molecular flexibility index (Phi) is 5.04. The summed E-state index contributed by atoms with van der Waals surface area (Å²) in [5.41, 5.74) is 2.92. The molecule has 3 aliphatic rings. The summed E-state index contributed by atoms with van der Waals surface area (Å²) >= 11 is 3.42. The zero-order valence-corrected chi connectivity index (χ0v) is 19.3. The van der Waals surface area contributed by atoms with Gasteiger partial charge in [0, 0.05) is 28.8 Å². The summed E-state index contributed by atoms with van der Waals surface area (Å²) in [5, 5.41) is 6.14. The lowest BCUT2D eigenvalue weighted by atomic mass is 9.81. The number of carbonyl (C=O) groups excluding carboxylic acids is 2. The number of aryl methyl sites for hydroxylation is 2. The molecule has 0 saturated heterocycles. The van der Waals surface area contributed by atoms with Crippen molar-refractivity contribution in [2.75, 3.05) is 11.9 Å². The summed E-state index contributed by atoms with van der Waals surface area (Å²) in [6.07, 6.45) is 7.22. The molecule has 7 heteroatoms. The number of benzene rings is 1. The van der Waals surface area contributed by atoms with E-state index in [-0.39, 0.29) is 40.9 Å². The van der Waals surface area contributed by atoms with Gasteiger partial charge in [-0.3, -0.25) is 9.59 Å². The van der Waals surface area contributed by atoms with Crippen molar-refractivity contribution < 1.29 is 9.59 Å². The number of rotatable bonds is 6. The van der Waals surface area contributed by atoms with Crippen molar-refractivity contribution in [3.63, 3.8) is 0 Å². The van der Waals surface area contributed by atoms with Crippen LogP contribution in [0, 0.1) is 42.9 Å². The average molecular weight is 483 g/mol. The maximum Gasteiger partial charge on any atom is 0.228 e. The van der Waals surface area contributed by atoms with Gasteiger partial charge in [0.25, 0.3) is 0 Å². The van der Waals surface area contributed by atoms with Gasteiger partial charge in [-0.25, -0.2) is 4.98 Å². The topological polar surface area (TPSA) is 86.9 Å². The maximum atomic E-state index is 13.3. The molecular weight excluding hydrogens is 456 g/mol. The summed E-state index contributed by atoms with van der Waals surface area (Å²) in [6.45, 7) is 4.48. The van der Waals surface area contributed by atoms with E-state index < -0.39 is 0 Å². The number of aromatic amines is 1. The lowest BCUT2D eigenvalue weighted by Crippen LogP contribution is -2.42. The molecule has 6 nitrogen and oxygen atoms in total. The molecule has 2 saturated carbocycles. The van der Waals surface area contributed by atoms with Gasteiger partial charge >= 0.3 is 0 Å². The van der Waals surface area contributed by atoms with Crippen molar-refractivity contribution >= 4 is 33.4 Å². The minimum atomic E-state index is -0.325. The predicted octanol–water partition coefficient (Wildman–Crippen LogP) is 3.91. The van der Waals surface area contributed by atoms with Crippen LogP contribution in [0.5, 0.6) is 0 Å². The van der Waals surface area contributed by atoms with Crippen LogP contribution in [0.25, 0.3) is 0 Å². The molecule has 1 aromatic heterocycles. The van der Waals surface area contributed by atoms with E-state index in [1.54, 1.807) is 0 Å². The Morgan fingerprint density at radius 1 is 1.10 bits per heavy atom. The van der Waals surface area contributed by atoms with Crippen LogP contribution < -0.4 is 10.6 Å². The molecule has 2 aromatic rings. The Balaban J connectivity index is 1.29. The molecule has 0 unspecified atom stereocenters. The quantitative estimate of drug-likeness (QED) is 0.545. The number of halogens is 1. The number of imidazole rings is 1. The van der Waals surface area contributed by atoms with Gasteiger partial charge in [0.2, 0.25) is 11.8 Å². The second-order valence-corrected chi connectivity index (χ2v) is 10.1. The highest BCUT2D eigenvalue weighted by molar-refractivity contribution is 9.10. The highest BCUT2D eigenvalue weighted by Gasteiger charge is 2.69. The van der Waals surface area contributed by atoms with E-state index in [2.05, 4.69) is 48.7 Å². The molecular formula is C24H27BrN4O2. The minimum Gasteiger partial charge on any atom is -0.355 e. The molecule has 3 N–H and O–H groups in total. The lowest BCUT2D eigenvalue weighted by molar-refractivity contribution is -0.132. The van der Waals surface area contributed by atoms with Gasteiger partial charge < -0.3 is 15.6 Å². The van der Waals surface area contributed by atoms with Crippen LogP contribution in [0.3, 0.4) is 0 Å². The first kappa shape index (κ1) is 20.5. The zero-order chi connectivity index (χ0) is 21.8. The van der Waals surface area contributed by atoms with Gasteiger partial charge in [-0.2, -0.15) is 0 Å². The van der Waals surface area contributed by atoms with Crippen molar-refractivity contribution in [1.82, 2.24) is 15.3 Å². The number of amides is 2. The number of anilines is 1. The van der Waals surface area contributed by atoms with E-state index >= 15 is 0 Å². The summed E-state index contributed by atoms with van der Waals surface area (Å²) in [5.74, 6) is 0.487. The number of carbonyl (C=O) groups is 2. The molecule has 3 aliphatic carbocycles. The molecule has 5 rings (SSSR count). The van der Waals surface area contributed by atoms with E-state index in [1.165, 1.54) is 0 Å². The van der Waals surface area contributed by atoms with E-state index in [9.17, 15) is 9.59 Å². The molecule has 1 spiro atoms. The fraction of sp³-hybridized carbons (Fsp3) is 0.458. The second kappa shape index (κ2) is 7.62. The molecule has 1 aromatic carbocycles. The number of hydrogen-bond acceptors (Lipinski definition) is 3. The second-order valence-electron chi connectivity index (χ2n) is 9.15. The predicted molar refractivity (Wildman–Crippen MR) is 122 cm³/mol. The summed E-state index contributed by atoms with van der Waals surface area (Å²) in [6, 6.07) is 7.56. The monoisotopic (exact) mass is 482 g/mol. The first-order chi connectivity index (χ1) is 14.9. The maximum absolute atomic E-state index is 13.3. The van der Waals surface area contributed by atoms with Crippen molar-refractivity contribution in [3.05, 3.63) is 58.1 Å². The van der Waals surface area contributed by atoms with Crippen LogP contribution >= 0.6 is 15.9 Å². The highest BCUT2D eigenvalue weighted by atomic mass is 79.9. The lowest BCUT2D eigenvalue weighted by Gasteiger charge is -2.26. The van der Waals surface area contributed by atoms with Crippen LogP contribution in [0.15, 0.2) is 40.9 Å². The SMILES string of the molecule is Cc1nc(CCNC(=O)[C@H]2[C@H](C(=O)Nc3ccc(Br)cc3)[C@H]3C=C[C@@H]2C32CC2)[nH]c1C. The largest absolute Gasteiger partial charge is 0.355 e. The molecule has 1 heterocycles. The summed E-state index contributed by atoms with van der Waals surface area (Å²) < 4.78 is 0.962. The zero-order valence-electron chi connectivity index (χ0n) is 17.7. The van der Waals surface area contributed by atoms with Gasteiger partial charge in [-0.15, -0.1) is 0 Å². The normalized spacial score (nSPS) is 26.9. The van der Waals surface area contributed by atoms with E-state index in [0.29, 0.717) is 13.0 Å². The standard InChI is InChI=1S/C24H27BrN4O2/c1-13-14(2)28-19(27-13)9-12-26-22(30)20-17-7-8-18(24(17)10-11-24)21(20)23(31)29-16-5-3-15(25)4-6-16/h3-8,17-18,20-21H,9-12H2,1-2H3,(H,26,30)(H,27,28)(H,29,31)/t17-,18+,20+,21+/m0/s1. The molecule has 4 atom stereocenters. The highest BCUT2D eigenvalue weighted by Crippen LogP contribution is 2.72. The third kappa shape index (κ3) is 3.53. The number of nitrogens with zero attached hydrogens (tertiary/aromatic N) is 1.